The van der Waals surface area contributed by atoms with Gasteiger partial charge in [-0.15, -0.1) is 0 Å². The molecule has 1 fully saturated rings. The second-order valence-electron chi connectivity index (χ2n) is 6.65. The highest BCUT2D eigenvalue weighted by atomic mass is 35.5. The summed E-state index contributed by atoms with van der Waals surface area (Å²) in [7, 11) is 2.19. The van der Waals surface area contributed by atoms with Gasteiger partial charge in [0.05, 0.1) is 6.54 Å². The summed E-state index contributed by atoms with van der Waals surface area (Å²) in [6.07, 6.45) is 3.69. The topological polar surface area (TPSA) is 37.2 Å². The van der Waals surface area contributed by atoms with E-state index in [-0.39, 0.29) is 0 Å². The van der Waals surface area contributed by atoms with Gasteiger partial charge >= 0.3 is 0 Å². The van der Waals surface area contributed by atoms with Crippen molar-refractivity contribution in [3.8, 4) is 0 Å². The molecule has 1 aliphatic heterocycles. The maximum Gasteiger partial charge on any atom is 0.138 e. The van der Waals surface area contributed by atoms with Crippen molar-refractivity contribution in [1.29, 1.82) is 0 Å². The fourth-order valence-electron chi connectivity index (χ4n) is 3.19. The summed E-state index contributed by atoms with van der Waals surface area (Å²) in [4.78, 5) is 9.42. The lowest BCUT2D eigenvalue weighted by molar-refractivity contribution is 0.114. The van der Waals surface area contributed by atoms with E-state index >= 15 is 0 Å². The molecular weight excluding hydrogens is 322 g/mol. The number of likely N-dealkylation sites (N-methyl/N-ethyl adjacent to an activating group) is 1. The number of benzene rings is 1. The van der Waals surface area contributed by atoms with Crippen LogP contribution in [-0.2, 0) is 13.0 Å². The molecule has 0 bridgehead atoms. The van der Waals surface area contributed by atoms with Gasteiger partial charge in [-0.3, -0.25) is 4.90 Å². The summed E-state index contributed by atoms with van der Waals surface area (Å²) in [5, 5.41) is 5.16. The minimum atomic E-state index is 0.573. The third kappa shape index (κ3) is 4.35. The van der Waals surface area contributed by atoms with Gasteiger partial charge < -0.3 is 4.90 Å². The average molecular weight is 348 g/mol. The number of hydrogen-bond donors (Lipinski definition) is 0. The van der Waals surface area contributed by atoms with E-state index in [1.807, 2.05) is 28.9 Å². The second-order valence-corrected chi connectivity index (χ2v) is 7.06. The van der Waals surface area contributed by atoms with E-state index in [9.17, 15) is 0 Å². The molecule has 0 amide bonds. The van der Waals surface area contributed by atoms with Crippen LogP contribution in [0.3, 0.4) is 0 Å². The lowest BCUT2D eigenvalue weighted by Gasteiger charge is -2.36. The van der Waals surface area contributed by atoms with Gasteiger partial charge in [0.15, 0.2) is 0 Å². The third-order valence-corrected chi connectivity index (χ3v) is 5.29. The van der Waals surface area contributed by atoms with Crippen molar-refractivity contribution >= 4 is 11.6 Å². The number of piperazine rings is 1. The quantitative estimate of drug-likeness (QED) is 0.804. The summed E-state index contributed by atoms with van der Waals surface area (Å²) in [6, 6.07) is 8.49. The number of hydrogen-bond acceptors (Lipinski definition) is 4. The maximum atomic E-state index is 6.26. The zero-order chi connectivity index (χ0) is 16.9. The van der Waals surface area contributed by atoms with Gasteiger partial charge in [0.1, 0.15) is 12.2 Å². The van der Waals surface area contributed by atoms with E-state index in [1.54, 1.807) is 6.33 Å². The maximum absolute atomic E-state index is 6.26. The number of rotatable bonds is 6. The van der Waals surface area contributed by atoms with Crippen LogP contribution in [0.1, 0.15) is 24.7 Å². The zero-order valence-electron chi connectivity index (χ0n) is 14.5. The van der Waals surface area contributed by atoms with Crippen LogP contribution in [0, 0.1) is 0 Å². The van der Waals surface area contributed by atoms with Crippen molar-refractivity contribution in [3.05, 3.63) is 47.0 Å². The molecule has 2 heterocycles. The Bertz CT molecular complexity index is 648. The molecular formula is C18H26ClN5. The molecule has 1 atom stereocenters. The summed E-state index contributed by atoms with van der Waals surface area (Å²) in [5.74, 6) is 1.04. The van der Waals surface area contributed by atoms with Crippen LogP contribution >= 0.6 is 11.6 Å². The van der Waals surface area contributed by atoms with Crippen LogP contribution in [0.15, 0.2) is 30.6 Å². The monoisotopic (exact) mass is 347 g/mol. The number of aryl methyl sites for hydroxylation is 1. The smallest absolute Gasteiger partial charge is 0.138 e. The highest BCUT2D eigenvalue weighted by Crippen LogP contribution is 2.17. The summed E-state index contributed by atoms with van der Waals surface area (Å²) < 4.78 is 1.97. The molecule has 0 radical (unpaired) electrons. The van der Waals surface area contributed by atoms with E-state index < -0.39 is 0 Å². The molecule has 1 aliphatic rings. The summed E-state index contributed by atoms with van der Waals surface area (Å²) in [5.41, 5.74) is 1.08. The fourth-order valence-corrected chi connectivity index (χ4v) is 3.38. The molecule has 6 heteroatoms. The third-order valence-electron chi connectivity index (χ3n) is 4.92. The largest absolute Gasteiger partial charge is 0.304 e. The molecule has 0 aliphatic carbocycles. The van der Waals surface area contributed by atoms with Crippen molar-refractivity contribution < 1.29 is 0 Å². The van der Waals surface area contributed by atoms with Gasteiger partial charge in [-0.05, 0) is 32.0 Å². The van der Waals surface area contributed by atoms with Gasteiger partial charge in [-0.2, -0.15) is 5.10 Å². The van der Waals surface area contributed by atoms with Crippen LogP contribution in [0.2, 0.25) is 5.02 Å². The first-order valence-electron chi connectivity index (χ1n) is 8.66. The molecule has 1 aromatic carbocycles. The van der Waals surface area contributed by atoms with Crippen molar-refractivity contribution in [1.82, 2.24) is 24.6 Å². The Hall–Kier alpha value is -1.43. The van der Waals surface area contributed by atoms with Crippen molar-refractivity contribution in [2.45, 2.75) is 32.4 Å². The second kappa shape index (κ2) is 8.10. The molecule has 2 aromatic rings. The van der Waals surface area contributed by atoms with Crippen molar-refractivity contribution in [3.63, 3.8) is 0 Å². The van der Waals surface area contributed by atoms with E-state index in [0.717, 1.165) is 55.4 Å². The van der Waals surface area contributed by atoms with Gasteiger partial charge in [0.2, 0.25) is 0 Å². The standard InChI is InChI=1S/C18H26ClN5/c1-15(23-11-9-22(2)10-12-23)7-8-18-20-14-21-24(18)13-16-5-3-4-6-17(16)19/h3-6,14-15H,7-13H2,1-2H3/t15-/m1/s1. The molecule has 0 unspecified atom stereocenters. The molecule has 24 heavy (non-hydrogen) atoms. The number of aromatic nitrogens is 3. The minimum Gasteiger partial charge on any atom is -0.304 e. The molecule has 5 nitrogen and oxygen atoms in total. The highest BCUT2D eigenvalue weighted by Gasteiger charge is 2.19. The van der Waals surface area contributed by atoms with E-state index in [1.165, 1.54) is 0 Å². The first-order valence-corrected chi connectivity index (χ1v) is 9.04. The lowest BCUT2D eigenvalue weighted by atomic mass is 10.1. The lowest BCUT2D eigenvalue weighted by Crippen LogP contribution is -2.48. The fraction of sp³-hybridized carbons (Fsp3) is 0.556. The first-order chi connectivity index (χ1) is 11.6. The minimum absolute atomic E-state index is 0.573. The van der Waals surface area contributed by atoms with E-state index in [2.05, 4.69) is 33.9 Å². The molecule has 0 N–H and O–H groups in total. The van der Waals surface area contributed by atoms with Crippen LogP contribution in [-0.4, -0.2) is 63.8 Å². The Morgan fingerprint density at radius 3 is 2.67 bits per heavy atom. The van der Waals surface area contributed by atoms with Crippen LogP contribution in [0.4, 0.5) is 0 Å². The van der Waals surface area contributed by atoms with E-state index in [4.69, 9.17) is 11.6 Å². The summed E-state index contributed by atoms with van der Waals surface area (Å²) >= 11 is 6.26. The average Bonchev–Trinajstić information content (AvgIpc) is 3.02. The van der Waals surface area contributed by atoms with Gasteiger partial charge in [-0.1, -0.05) is 29.8 Å². The van der Waals surface area contributed by atoms with Crippen LogP contribution in [0.25, 0.3) is 0 Å². The SMILES string of the molecule is C[C@H](CCc1ncnn1Cc1ccccc1Cl)N1CCN(C)CC1. The normalized spacial score (nSPS) is 18.0. The van der Waals surface area contributed by atoms with Crippen molar-refractivity contribution in [2.75, 3.05) is 33.2 Å². The van der Waals surface area contributed by atoms with Crippen LogP contribution < -0.4 is 0 Å². The predicted octanol–water partition coefficient (Wildman–Crippen LogP) is 2.55. The predicted molar refractivity (Wildman–Crippen MR) is 97.4 cm³/mol. The van der Waals surface area contributed by atoms with Gasteiger partial charge in [-0.25, -0.2) is 9.67 Å². The van der Waals surface area contributed by atoms with Crippen LogP contribution in [0.5, 0.6) is 0 Å². The Morgan fingerprint density at radius 1 is 1.17 bits per heavy atom. The van der Waals surface area contributed by atoms with Crippen molar-refractivity contribution in [2.24, 2.45) is 0 Å². The first kappa shape index (κ1) is 17.4. The highest BCUT2D eigenvalue weighted by molar-refractivity contribution is 6.31. The molecule has 1 aromatic heterocycles. The Morgan fingerprint density at radius 2 is 1.92 bits per heavy atom. The van der Waals surface area contributed by atoms with E-state index in [0.29, 0.717) is 12.6 Å². The molecule has 0 saturated carbocycles. The molecule has 130 valence electrons. The molecule has 0 spiro atoms. The molecule has 1 saturated heterocycles. The number of nitrogens with zero attached hydrogens (tertiary/aromatic N) is 5. The van der Waals surface area contributed by atoms with Gasteiger partial charge in [0.25, 0.3) is 0 Å². The summed E-state index contributed by atoms with van der Waals surface area (Å²) in [6.45, 7) is 7.63. The number of halogens is 1. The molecule has 3 rings (SSSR count). The zero-order valence-corrected chi connectivity index (χ0v) is 15.3. The Labute approximate surface area is 149 Å². The Kier molecular flexibility index (Phi) is 5.87. The van der Waals surface area contributed by atoms with Gasteiger partial charge in [0, 0.05) is 43.7 Å². The Balaban J connectivity index is 1.57.